The number of hydrogen-bond donors (Lipinski definition) is 4. The van der Waals surface area contributed by atoms with Crippen LogP contribution >= 0.6 is 11.0 Å². The van der Waals surface area contributed by atoms with E-state index in [2.05, 4.69) is 19.3 Å². The summed E-state index contributed by atoms with van der Waals surface area (Å²) in [6.45, 7) is 1.68. The van der Waals surface area contributed by atoms with Gasteiger partial charge in [-0.3, -0.25) is 18.6 Å². The summed E-state index contributed by atoms with van der Waals surface area (Å²) in [7, 11) is -3.34. The lowest BCUT2D eigenvalue weighted by molar-refractivity contribution is 0.0632. The van der Waals surface area contributed by atoms with Crippen molar-refractivity contribution in [3.8, 4) is 5.75 Å². The lowest BCUT2D eigenvalue weighted by Gasteiger charge is -2.34. The van der Waals surface area contributed by atoms with Crippen molar-refractivity contribution in [2.24, 2.45) is 16.0 Å². The highest BCUT2D eigenvalue weighted by atomic mass is 32.3. The minimum absolute atomic E-state index is 0.0139. The molecule has 1 aromatic heterocycles. The number of piperidine rings is 1. The smallest absolute Gasteiger partial charge is 0.255 e. The van der Waals surface area contributed by atoms with Gasteiger partial charge in [0.25, 0.3) is 5.91 Å². The number of fused-ring (bicyclic) bond motifs is 1. The topological polar surface area (TPSA) is 146 Å². The number of nitrogens with two attached hydrogens (primary N) is 1. The number of nitrogens with zero attached hydrogens (tertiary/aromatic N) is 4. The van der Waals surface area contributed by atoms with Crippen LogP contribution in [0.4, 0.5) is 5.69 Å². The highest BCUT2D eigenvalue weighted by Crippen LogP contribution is 2.46. The maximum Gasteiger partial charge on any atom is 0.255 e. The standard InChI is InChI=1S/C18H22N6O4S/c19-17-16-14(22-29(26,27)23-17)4-1-5-15(16)28-11-12-3-2-8-24(10-12)18(25)13-6-7-20-21-9-13/h1,4-7,9,12,22,26-27H,2-3,8,10-11H2,(H2,19,23). The number of carbonyl (C=O) groups is 1. The van der Waals surface area contributed by atoms with Crippen molar-refractivity contribution in [2.45, 2.75) is 12.8 Å². The first-order valence-electron chi connectivity index (χ1n) is 9.16. The zero-order chi connectivity index (χ0) is 20.4. The molecule has 29 heavy (non-hydrogen) atoms. The maximum atomic E-state index is 12.6. The second kappa shape index (κ2) is 7.85. The molecule has 3 heterocycles. The molecule has 0 aliphatic carbocycles. The van der Waals surface area contributed by atoms with E-state index in [1.807, 2.05) is 4.90 Å². The summed E-state index contributed by atoms with van der Waals surface area (Å²) in [4.78, 5) is 14.5. The van der Waals surface area contributed by atoms with Crippen LogP contribution in [0.5, 0.6) is 5.75 Å². The first-order chi connectivity index (χ1) is 13.9. The molecule has 0 radical (unpaired) electrons. The van der Waals surface area contributed by atoms with Gasteiger partial charge in [0.05, 0.1) is 35.8 Å². The first kappa shape index (κ1) is 19.4. The average Bonchev–Trinajstić information content (AvgIpc) is 2.71. The van der Waals surface area contributed by atoms with Crippen molar-refractivity contribution in [1.29, 1.82) is 0 Å². The Balaban J connectivity index is 1.43. The molecule has 1 unspecified atom stereocenters. The Labute approximate surface area is 169 Å². The highest BCUT2D eigenvalue weighted by molar-refractivity contribution is 8.24. The molecule has 2 aromatic rings. The lowest BCUT2D eigenvalue weighted by atomic mass is 9.98. The molecule has 0 spiro atoms. The second-order valence-electron chi connectivity index (χ2n) is 6.98. The summed E-state index contributed by atoms with van der Waals surface area (Å²) in [5, 5.41) is 7.47. The third-order valence-corrected chi connectivity index (χ3v) is 5.81. The quantitative estimate of drug-likeness (QED) is 0.590. The number of carbonyl (C=O) groups excluding carboxylic acids is 1. The lowest BCUT2D eigenvalue weighted by Crippen LogP contribution is -2.41. The molecule has 10 nitrogen and oxygen atoms in total. The second-order valence-corrected chi connectivity index (χ2v) is 8.40. The molecular formula is C18H22N6O4S. The van der Waals surface area contributed by atoms with E-state index >= 15 is 0 Å². The van der Waals surface area contributed by atoms with Crippen molar-refractivity contribution in [2.75, 3.05) is 24.4 Å². The Bertz CT molecular complexity index is 939. The molecule has 1 fully saturated rings. The summed E-state index contributed by atoms with van der Waals surface area (Å²) < 4.78 is 31.8. The molecule has 1 atom stereocenters. The van der Waals surface area contributed by atoms with E-state index in [9.17, 15) is 13.9 Å². The fraction of sp³-hybridized carbons (Fsp3) is 0.333. The van der Waals surface area contributed by atoms with E-state index in [0.29, 0.717) is 42.3 Å². The van der Waals surface area contributed by atoms with Crippen LogP contribution < -0.4 is 15.2 Å². The molecule has 2 aliphatic rings. The van der Waals surface area contributed by atoms with Gasteiger partial charge < -0.3 is 15.4 Å². The minimum atomic E-state index is -3.34. The number of likely N-dealkylation sites (tertiary alicyclic amines) is 1. The Morgan fingerprint density at radius 2 is 2.21 bits per heavy atom. The van der Waals surface area contributed by atoms with Gasteiger partial charge in [-0.15, -0.1) is 4.40 Å². The van der Waals surface area contributed by atoms with Gasteiger partial charge in [0.1, 0.15) is 5.75 Å². The Kier molecular flexibility index (Phi) is 5.26. The van der Waals surface area contributed by atoms with Crippen LogP contribution in [0, 0.1) is 5.92 Å². The predicted octanol–water partition coefficient (Wildman–Crippen LogP) is 2.12. The zero-order valence-corrected chi connectivity index (χ0v) is 16.4. The minimum Gasteiger partial charge on any atom is -0.492 e. The third kappa shape index (κ3) is 4.26. The van der Waals surface area contributed by atoms with E-state index in [0.717, 1.165) is 12.8 Å². The van der Waals surface area contributed by atoms with Crippen LogP contribution in [-0.2, 0) is 0 Å². The van der Waals surface area contributed by atoms with Crippen LogP contribution in [0.3, 0.4) is 0 Å². The van der Waals surface area contributed by atoms with Crippen molar-refractivity contribution >= 4 is 28.4 Å². The molecule has 5 N–H and O–H groups in total. The van der Waals surface area contributed by atoms with Gasteiger partial charge in [-0.1, -0.05) is 6.07 Å². The number of hydrogen-bond acceptors (Lipinski definition) is 9. The maximum absolute atomic E-state index is 12.6. The largest absolute Gasteiger partial charge is 0.492 e. The Morgan fingerprint density at radius 1 is 1.34 bits per heavy atom. The van der Waals surface area contributed by atoms with Crippen LogP contribution in [0.15, 0.2) is 41.1 Å². The normalized spacial score (nSPS) is 21.4. The number of ether oxygens (including phenoxy) is 1. The molecular weight excluding hydrogens is 396 g/mol. The van der Waals surface area contributed by atoms with Crippen molar-refractivity contribution in [3.63, 3.8) is 0 Å². The van der Waals surface area contributed by atoms with Crippen molar-refractivity contribution < 1.29 is 18.6 Å². The fourth-order valence-corrected chi connectivity index (χ4v) is 4.42. The molecule has 154 valence electrons. The van der Waals surface area contributed by atoms with Gasteiger partial charge in [-0.05, 0) is 42.0 Å². The van der Waals surface area contributed by atoms with Gasteiger partial charge >= 0.3 is 0 Å². The van der Waals surface area contributed by atoms with Crippen LogP contribution in [0.1, 0.15) is 28.8 Å². The summed E-state index contributed by atoms with van der Waals surface area (Å²) in [5.74, 6) is 0.619. The van der Waals surface area contributed by atoms with Gasteiger partial charge in [-0.2, -0.15) is 10.2 Å². The summed E-state index contributed by atoms with van der Waals surface area (Å²) in [5.41, 5.74) is 7.41. The van der Waals surface area contributed by atoms with Gasteiger partial charge in [0.2, 0.25) is 0 Å². The van der Waals surface area contributed by atoms with E-state index in [1.165, 1.54) is 12.4 Å². The number of benzene rings is 1. The number of amidine groups is 1. The monoisotopic (exact) mass is 418 g/mol. The average molecular weight is 418 g/mol. The van der Waals surface area contributed by atoms with Gasteiger partial charge in [-0.25, -0.2) is 0 Å². The number of rotatable bonds is 4. The molecule has 0 bridgehead atoms. The summed E-state index contributed by atoms with van der Waals surface area (Å²) in [6.07, 6.45) is 4.80. The predicted molar refractivity (Wildman–Crippen MR) is 110 cm³/mol. The highest BCUT2D eigenvalue weighted by Gasteiger charge is 2.28. The molecule has 0 saturated carbocycles. The van der Waals surface area contributed by atoms with E-state index in [-0.39, 0.29) is 17.7 Å². The first-order valence-corrected chi connectivity index (χ1v) is 10.7. The van der Waals surface area contributed by atoms with Crippen LogP contribution in [0.2, 0.25) is 0 Å². The zero-order valence-electron chi connectivity index (χ0n) is 15.6. The van der Waals surface area contributed by atoms with Crippen molar-refractivity contribution in [3.05, 3.63) is 47.8 Å². The molecule has 2 aliphatic heterocycles. The molecule has 1 aromatic carbocycles. The molecule has 11 heteroatoms. The van der Waals surface area contributed by atoms with E-state index in [1.54, 1.807) is 24.3 Å². The number of amides is 1. The van der Waals surface area contributed by atoms with Gasteiger partial charge in [0.15, 0.2) is 5.84 Å². The number of nitrogens with one attached hydrogen (secondary N) is 1. The van der Waals surface area contributed by atoms with E-state index in [4.69, 9.17) is 10.5 Å². The number of aromatic nitrogens is 2. The summed E-state index contributed by atoms with van der Waals surface area (Å²) in [6, 6.07) is 6.84. The van der Waals surface area contributed by atoms with Gasteiger partial charge in [0, 0.05) is 19.0 Å². The van der Waals surface area contributed by atoms with E-state index < -0.39 is 11.0 Å². The Hall–Kier alpha value is -2.89. The fourth-order valence-electron chi connectivity index (χ4n) is 3.55. The van der Waals surface area contributed by atoms with Crippen LogP contribution in [-0.4, -0.2) is 55.6 Å². The Morgan fingerprint density at radius 3 is 3.00 bits per heavy atom. The summed E-state index contributed by atoms with van der Waals surface area (Å²) >= 11 is 0. The van der Waals surface area contributed by atoms with Crippen molar-refractivity contribution in [1.82, 2.24) is 15.1 Å². The van der Waals surface area contributed by atoms with Crippen LogP contribution in [0.25, 0.3) is 0 Å². The molecule has 1 amide bonds. The SMILES string of the molecule is NC1=NS(O)(O)Nc2cccc(OCC3CCCN(C(=O)c4ccnnc4)C3)c21. The number of anilines is 1. The molecule has 1 saturated heterocycles. The molecule has 4 rings (SSSR count). The third-order valence-electron chi connectivity index (χ3n) is 4.87.